The number of aliphatic hydroxyl groups is 1. The largest absolute Gasteiger partial charge is 0.396 e. The zero-order valence-corrected chi connectivity index (χ0v) is 9.86. The van der Waals surface area contributed by atoms with E-state index in [-0.39, 0.29) is 6.61 Å². The summed E-state index contributed by atoms with van der Waals surface area (Å²) in [6, 6.07) is 8.65. The molecule has 2 nitrogen and oxygen atoms in total. The zero-order valence-electron chi connectivity index (χ0n) is 9.86. The highest BCUT2D eigenvalue weighted by Gasteiger charge is 2.09. The molecule has 1 aliphatic rings. The van der Waals surface area contributed by atoms with E-state index in [1.165, 1.54) is 50.0 Å². The lowest BCUT2D eigenvalue weighted by Crippen LogP contribution is -2.23. The van der Waals surface area contributed by atoms with Crippen molar-refractivity contribution >= 4 is 5.69 Å². The summed E-state index contributed by atoms with van der Waals surface area (Å²) in [5, 5.41) is 8.86. The molecule has 1 aromatic carbocycles. The van der Waals surface area contributed by atoms with Crippen LogP contribution < -0.4 is 4.90 Å². The van der Waals surface area contributed by atoms with Gasteiger partial charge in [0.05, 0.1) is 0 Å². The molecule has 1 aromatic rings. The number of benzene rings is 1. The molecule has 0 radical (unpaired) electrons. The summed E-state index contributed by atoms with van der Waals surface area (Å²) < 4.78 is 0. The summed E-state index contributed by atoms with van der Waals surface area (Å²) in [6.45, 7) is 2.63. The molecule has 0 aliphatic carbocycles. The van der Waals surface area contributed by atoms with Gasteiger partial charge in [-0.15, -0.1) is 0 Å². The van der Waals surface area contributed by atoms with Crippen molar-refractivity contribution in [2.45, 2.75) is 32.1 Å². The topological polar surface area (TPSA) is 23.5 Å². The number of nitrogens with zero attached hydrogens (tertiary/aromatic N) is 1. The first-order valence-electron chi connectivity index (χ1n) is 6.35. The Morgan fingerprint density at radius 3 is 2.12 bits per heavy atom. The molecule has 0 unspecified atom stereocenters. The van der Waals surface area contributed by atoms with E-state index in [4.69, 9.17) is 5.11 Å². The van der Waals surface area contributed by atoms with Crippen LogP contribution in [0.15, 0.2) is 24.3 Å². The van der Waals surface area contributed by atoms with Crippen LogP contribution in [-0.4, -0.2) is 24.8 Å². The number of anilines is 1. The molecular weight excluding hydrogens is 198 g/mol. The third-order valence-electron chi connectivity index (χ3n) is 3.31. The van der Waals surface area contributed by atoms with Gasteiger partial charge in [-0.3, -0.25) is 0 Å². The molecule has 1 N–H and O–H groups in total. The first-order chi connectivity index (χ1) is 7.90. The van der Waals surface area contributed by atoms with Gasteiger partial charge in [-0.1, -0.05) is 25.0 Å². The average Bonchev–Trinajstić information content (AvgIpc) is 2.59. The maximum absolute atomic E-state index is 8.86. The molecular formula is C14H21NO. The van der Waals surface area contributed by atoms with Crippen LogP contribution in [0, 0.1) is 0 Å². The van der Waals surface area contributed by atoms with Crippen LogP contribution >= 0.6 is 0 Å². The Balaban J connectivity index is 2.01. The first kappa shape index (κ1) is 11.5. The monoisotopic (exact) mass is 219 g/mol. The lowest BCUT2D eigenvalue weighted by molar-refractivity contribution is 0.299. The van der Waals surface area contributed by atoms with Crippen LogP contribution in [0.1, 0.15) is 31.2 Å². The Labute approximate surface area is 97.9 Å². The normalized spacial score (nSPS) is 17.2. The molecule has 0 atom stereocenters. The van der Waals surface area contributed by atoms with E-state index in [1.807, 2.05) is 0 Å². The SMILES string of the molecule is OCCc1ccc(N2CCCCCC2)cc1. The van der Waals surface area contributed by atoms with E-state index in [2.05, 4.69) is 29.2 Å². The minimum atomic E-state index is 0.239. The van der Waals surface area contributed by atoms with Crippen LogP contribution in [0.25, 0.3) is 0 Å². The van der Waals surface area contributed by atoms with Gasteiger partial charge in [-0.25, -0.2) is 0 Å². The summed E-state index contributed by atoms with van der Waals surface area (Å²) in [5.74, 6) is 0. The summed E-state index contributed by atoms with van der Waals surface area (Å²) >= 11 is 0. The Morgan fingerprint density at radius 2 is 1.56 bits per heavy atom. The summed E-state index contributed by atoms with van der Waals surface area (Å²) in [4.78, 5) is 2.48. The molecule has 0 amide bonds. The lowest BCUT2D eigenvalue weighted by atomic mass is 10.1. The highest BCUT2D eigenvalue weighted by molar-refractivity contribution is 5.47. The highest BCUT2D eigenvalue weighted by Crippen LogP contribution is 2.19. The second kappa shape index (κ2) is 5.90. The second-order valence-corrected chi connectivity index (χ2v) is 4.54. The van der Waals surface area contributed by atoms with Crippen molar-refractivity contribution in [2.75, 3.05) is 24.6 Å². The molecule has 1 aliphatic heterocycles. The third kappa shape index (κ3) is 2.99. The van der Waals surface area contributed by atoms with Gasteiger partial charge < -0.3 is 10.0 Å². The second-order valence-electron chi connectivity index (χ2n) is 4.54. The van der Waals surface area contributed by atoms with Gasteiger partial charge >= 0.3 is 0 Å². The van der Waals surface area contributed by atoms with Crippen LogP contribution in [-0.2, 0) is 6.42 Å². The van der Waals surface area contributed by atoms with E-state index >= 15 is 0 Å². The van der Waals surface area contributed by atoms with Crippen LogP contribution in [0.5, 0.6) is 0 Å². The first-order valence-corrected chi connectivity index (χ1v) is 6.35. The predicted octanol–water partition coefficient (Wildman–Crippen LogP) is 2.60. The van der Waals surface area contributed by atoms with Crippen molar-refractivity contribution in [2.24, 2.45) is 0 Å². The molecule has 2 heteroatoms. The van der Waals surface area contributed by atoms with Gasteiger partial charge in [-0.2, -0.15) is 0 Å². The summed E-state index contributed by atoms with van der Waals surface area (Å²) in [6.07, 6.45) is 6.15. The Bertz CT molecular complexity index is 299. The summed E-state index contributed by atoms with van der Waals surface area (Å²) in [7, 11) is 0. The van der Waals surface area contributed by atoms with Gasteiger partial charge in [0.2, 0.25) is 0 Å². The number of hydrogen-bond acceptors (Lipinski definition) is 2. The zero-order chi connectivity index (χ0) is 11.2. The Morgan fingerprint density at radius 1 is 0.938 bits per heavy atom. The van der Waals surface area contributed by atoms with Crippen molar-refractivity contribution in [1.82, 2.24) is 0 Å². The van der Waals surface area contributed by atoms with E-state index in [9.17, 15) is 0 Å². The molecule has 88 valence electrons. The van der Waals surface area contributed by atoms with Gasteiger partial charge in [0.1, 0.15) is 0 Å². The van der Waals surface area contributed by atoms with Gasteiger partial charge in [0, 0.05) is 25.4 Å². The van der Waals surface area contributed by atoms with Crippen molar-refractivity contribution < 1.29 is 5.11 Å². The van der Waals surface area contributed by atoms with Gasteiger partial charge in [-0.05, 0) is 37.0 Å². The van der Waals surface area contributed by atoms with Crippen LogP contribution in [0.2, 0.25) is 0 Å². The minimum Gasteiger partial charge on any atom is -0.396 e. The molecule has 0 spiro atoms. The fourth-order valence-electron chi connectivity index (χ4n) is 2.33. The molecule has 1 fully saturated rings. The minimum absolute atomic E-state index is 0.239. The van der Waals surface area contributed by atoms with Gasteiger partial charge in [0.25, 0.3) is 0 Å². The van der Waals surface area contributed by atoms with Crippen molar-refractivity contribution in [3.8, 4) is 0 Å². The quantitative estimate of drug-likeness (QED) is 0.844. The Hall–Kier alpha value is -1.02. The number of rotatable bonds is 3. The van der Waals surface area contributed by atoms with Crippen LogP contribution in [0.4, 0.5) is 5.69 Å². The van der Waals surface area contributed by atoms with Crippen molar-refractivity contribution in [3.63, 3.8) is 0 Å². The molecule has 0 aromatic heterocycles. The number of hydrogen-bond donors (Lipinski definition) is 1. The number of aliphatic hydroxyl groups excluding tert-OH is 1. The fraction of sp³-hybridized carbons (Fsp3) is 0.571. The smallest absolute Gasteiger partial charge is 0.0471 e. The molecule has 1 saturated heterocycles. The Kier molecular flexibility index (Phi) is 4.23. The molecule has 1 heterocycles. The molecule has 0 saturated carbocycles. The third-order valence-corrected chi connectivity index (χ3v) is 3.31. The average molecular weight is 219 g/mol. The molecule has 2 rings (SSSR count). The lowest BCUT2D eigenvalue weighted by Gasteiger charge is -2.22. The maximum atomic E-state index is 8.86. The van der Waals surface area contributed by atoms with Crippen molar-refractivity contribution in [1.29, 1.82) is 0 Å². The standard InChI is InChI=1S/C14H21NO/c16-12-9-13-5-7-14(8-6-13)15-10-3-1-2-4-11-15/h5-8,16H,1-4,9-12H2. The summed E-state index contributed by atoms with van der Waals surface area (Å²) in [5.41, 5.74) is 2.56. The van der Waals surface area contributed by atoms with E-state index in [1.54, 1.807) is 0 Å². The van der Waals surface area contributed by atoms with Crippen molar-refractivity contribution in [3.05, 3.63) is 29.8 Å². The maximum Gasteiger partial charge on any atom is 0.0471 e. The highest BCUT2D eigenvalue weighted by atomic mass is 16.2. The van der Waals surface area contributed by atoms with Crippen LogP contribution in [0.3, 0.4) is 0 Å². The molecule has 16 heavy (non-hydrogen) atoms. The molecule has 0 bridgehead atoms. The van der Waals surface area contributed by atoms with Gasteiger partial charge in [0.15, 0.2) is 0 Å². The fourth-order valence-corrected chi connectivity index (χ4v) is 2.33. The van der Waals surface area contributed by atoms with E-state index in [0.29, 0.717) is 0 Å². The van der Waals surface area contributed by atoms with E-state index < -0.39 is 0 Å². The predicted molar refractivity (Wildman–Crippen MR) is 67.9 cm³/mol. The van der Waals surface area contributed by atoms with E-state index in [0.717, 1.165) is 6.42 Å².